The lowest BCUT2D eigenvalue weighted by Crippen LogP contribution is -2.12. The van der Waals surface area contributed by atoms with Gasteiger partial charge in [0.2, 0.25) is 0 Å². The molecule has 2 aromatic heterocycles. The minimum atomic E-state index is -0.0954. The third-order valence-electron chi connectivity index (χ3n) is 6.04. The summed E-state index contributed by atoms with van der Waals surface area (Å²) < 4.78 is 7.28. The summed E-state index contributed by atoms with van der Waals surface area (Å²) >= 11 is 0. The Morgan fingerprint density at radius 2 is 2.09 bits per heavy atom. The van der Waals surface area contributed by atoms with Crippen LogP contribution in [0.4, 0.5) is 0 Å². The second kappa shape index (κ2) is 9.96. The smallest absolute Gasteiger partial charge is 0.185 e. The van der Waals surface area contributed by atoms with Gasteiger partial charge in [-0.2, -0.15) is 0 Å². The van der Waals surface area contributed by atoms with Crippen LogP contribution < -0.4 is 0 Å². The lowest BCUT2D eigenvalue weighted by Gasteiger charge is -2.13. The molecule has 1 aliphatic rings. The maximum Gasteiger partial charge on any atom is 0.185 e. The number of rotatable bonds is 9. The number of pyridine rings is 1. The Morgan fingerprint density at radius 1 is 1.22 bits per heavy atom. The molecule has 1 aliphatic heterocycles. The Balaban J connectivity index is 1.42. The fourth-order valence-corrected chi connectivity index (χ4v) is 4.05. The van der Waals surface area contributed by atoms with Crippen molar-refractivity contribution in [3.63, 3.8) is 0 Å². The van der Waals surface area contributed by atoms with Gasteiger partial charge in [0, 0.05) is 51.3 Å². The van der Waals surface area contributed by atoms with Crippen LogP contribution in [0.15, 0.2) is 48.9 Å². The van der Waals surface area contributed by atoms with E-state index in [1.54, 1.807) is 24.7 Å². The molecule has 1 unspecified atom stereocenters. The van der Waals surface area contributed by atoms with Crippen molar-refractivity contribution in [2.24, 2.45) is 13.0 Å². The predicted octanol–water partition coefficient (Wildman–Crippen LogP) is 3.59. The first-order chi connectivity index (χ1) is 15.5. The van der Waals surface area contributed by atoms with Crippen LogP contribution in [-0.2, 0) is 24.6 Å². The van der Waals surface area contributed by atoms with Gasteiger partial charge < -0.3 is 9.30 Å². The van der Waals surface area contributed by atoms with Gasteiger partial charge in [-0.3, -0.25) is 14.6 Å². The van der Waals surface area contributed by atoms with Crippen molar-refractivity contribution in [3.8, 4) is 0 Å². The predicted molar refractivity (Wildman–Crippen MR) is 120 cm³/mol. The zero-order valence-corrected chi connectivity index (χ0v) is 18.5. The van der Waals surface area contributed by atoms with Crippen molar-refractivity contribution in [2.75, 3.05) is 13.2 Å². The number of hydrogen-bond donors (Lipinski definition) is 0. The van der Waals surface area contributed by atoms with Gasteiger partial charge in [0.1, 0.15) is 17.8 Å². The quantitative estimate of drug-likeness (QED) is 0.480. The summed E-state index contributed by atoms with van der Waals surface area (Å²) in [6.07, 6.45) is 5.62. The number of ketones is 2. The van der Waals surface area contributed by atoms with Crippen molar-refractivity contribution < 1.29 is 14.3 Å². The number of aromatic nitrogens is 4. The summed E-state index contributed by atoms with van der Waals surface area (Å²) in [5.74, 6) is 1.38. The molecule has 1 saturated heterocycles. The van der Waals surface area contributed by atoms with Crippen LogP contribution >= 0.6 is 0 Å². The van der Waals surface area contributed by atoms with E-state index < -0.39 is 0 Å². The molecule has 166 valence electrons. The summed E-state index contributed by atoms with van der Waals surface area (Å²) in [7, 11) is 1.94. The highest BCUT2D eigenvalue weighted by Gasteiger charge is 2.21. The molecule has 0 N–H and O–H groups in total. The lowest BCUT2D eigenvalue weighted by molar-refractivity contribution is 0.0952. The third-order valence-corrected chi connectivity index (χ3v) is 6.04. The van der Waals surface area contributed by atoms with Gasteiger partial charge in [-0.15, -0.1) is 10.2 Å². The summed E-state index contributed by atoms with van der Waals surface area (Å²) in [4.78, 5) is 29.7. The van der Waals surface area contributed by atoms with Crippen LogP contribution in [0.1, 0.15) is 63.5 Å². The lowest BCUT2D eigenvalue weighted by atomic mass is 9.94. The minimum Gasteiger partial charge on any atom is -0.381 e. The van der Waals surface area contributed by atoms with Gasteiger partial charge in [-0.1, -0.05) is 31.2 Å². The largest absolute Gasteiger partial charge is 0.381 e. The van der Waals surface area contributed by atoms with E-state index in [9.17, 15) is 9.59 Å². The molecule has 0 amide bonds. The maximum absolute atomic E-state index is 12.9. The summed E-state index contributed by atoms with van der Waals surface area (Å²) in [6.45, 7) is 3.49. The van der Waals surface area contributed by atoms with Crippen molar-refractivity contribution in [2.45, 2.75) is 38.5 Å². The van der Waals surface area contributed by atoms with E-state index in [0.717, 1.165) is 29.8 Å². The van der Waals surface area contributed by atoms with E-state index in [1.807, 2.05) is 23.7 Å². The van der Waals surface area contributed by atoms with Gasteiger partial charge in [0.25, 0.3) is 0 Å². The normalized spacial score (nSPS) is 16.8. The maximum atomic E-state index is 12.9. The molecular formula is C25H28N4O3. The van der Waals surface area contributed by atoms with Crippen LogP contribution in [0, 0.1) is 5.92 Å². The standard InChI is InChI=1S/C25H28N4O3/c1-17(10-25-28-27-16-29(25)2)20-5-3-4-18(11-20)12-24(31)22-14-21(6-8-26-22)23(30)13-19-7-9-32-15-19/h3-6,8,11,14,16-17,19H,7,9-10,12-13,15H2,1-2H3/t17-,19?/m1/s1. The number of nitrogens with zero attached hydrogens (tertiary/aromatic N) is 4. The number of carbonyl (C=O) groups is 2. The Morgan fingerprint density at radius 3 is 2.84 bits per heavy atom. The van der Waals surface area contributed by atoms with Crippen LogP contribution in [0.3, 0.4) is 0 Å². The van der Waals surface area contributed by atoms with E-state index in [4.69, 9.17) is 4.74 Å². The van der Waals surface area contributed by atoms with Crippen LogP contribution in [0.5, 0.6) is 0 Å². The first kappa shape index (κ1) is 22.0. The zero-order chi connectivity index (χ0) is 22.5. The van der Waals surface area contributed by atoms with Gasteiger partial charge in [-0.05, 0) is 41.5 Å². The molecule has 0 saturated carbocycles. The van der Waals surface area contributed by atoms with E-state index in [2.05, 4.69) is 34.2 Å². The number of ether oxygens (including phenoxy) is 1. The highest BCUT2D eigenvalue weighted by atomic mass is 16.5. The van der Waals surface area contributed by atoms with Gasteiger partial charge in [0.15, 0.2) is 11.6 Å². The van der Waals surface area contributed by atoms with E-state index in [1.165, 1.54) is 0 Å². The molecule has 0 radical (unpaired) electrons. The molecule has 1 aromatic carbocycles. The molecule has 2 atom stereocenters. The Hall–Kier alpha value is -3.19. The molecular weight excluding hydrogens is 404 g/mol. The minimum absolute atomic E-state index is 0.0385. The average Bonchev–Trinajstić information content (AvgIpc) is 3.46. The fraction of sp³-hybridized carbons (Fsp3) is 0.400. The molecule has 0 bridgehead atoms. The molecule has 7 nitrogen and oxygen atoms in total. The molecule has 7 heteroatoms. The number of carbonyl (C=O) groups excluding carboxylic acids is 2. The Labute approximate surface area is 187 Å². The molecule has 0 aliphatic carbocycles. The molecule has 3 heterocycles. The van der Waals surface area contributed by atoms with Crippen molar-refractivity contribution in [3.05, 3.63) is 77.1 Å². The van der Waals surface area contributed by atoms with Crippen molar-refractivity contribution >= 4 is 11.6 Å². The second-order valence-corrected chi connectivity index (χ2v) is 8.59. The van der Waals surface area contributed by atoms with Crippen LogP contribution in [-0.4, -0.2) is 44.5 Å². The SMILES string of the molecule is C[C@H](Cc1nncn1C)c1cccc(CC(=O)c2cc(C(=O)CC3CCOC3)ccn2)c1. The summed E-state index contributed by atoms with van der Waals surface area (Å²) in [6, 6.07) is 11.4. The third kappa shape index (κ3) is 5.34. The molecule has 32 heavy (non-hydrogen) atoms. The first-order valence-electron chi connectivity index (χ1n) is 11.0. The average molecular weight is 433 g/mol. The van der Waals surface area contributed by atoms with Gasteiger partial charge in [0.05, 0.1) is 0 Å². The van der Waals surface area contributed by atoms with Crippen LogP contribution in [0.2, 0.25) is 0 Å². The van der Waals surface area contributed by atoms with E-state index in [0.29, 0.717) is 30.9 Å². The number of benzene rings is 1. The van der Waals surface area contributed by atoms with Gasteiger partial charge >= 0.3 is 0 Å². The van der Waals surface area contributed by atoms with E-state index in [-0.39, 0.29) is 29.8 Å². The van der Waals surface area contributed by atoms with Crippen molar-refractivity contribution in [1.82, 2.24) is 19.7 Å². The topological polar surface area (TPSA) is 87.0 Å². The summed E-state index contributed by atoms with van der Waals surface area (Å²) in [5.41, 5.74) is 2.95. The van der Waals surface area contributed by atoms with Gasteiger partial charge in [-0.25, -0.2) is 0 Å². The van der Waals surface area contributed by atoms with Crippen molar-refractivity contribution in [1.29, 1.82) is 0 Å². The zero-order valence-electron chi connectivity index (χ0n) is 18.5. The molecule has 1 fully saturated rings. The Bertz CT molecular complexity index is 1100. The molecule has 3 aromatic rings. The highest BCUT2D eigenvalue weighted by molar-refractivity contribution is 6.00. The number of Topliss-reactive ketones (excluding diaryl/α,β-unsaturated/α-hetero) is 2. The number of hydrogen-bond acceptors (Lipinski definition) is 6. The first-order valence-corrected chi connectivity index (χ1v) is 11.0. The van der Waals surface area contributed by atoms with Crippen LogP contribution in [0.25, 0.3) is 0 Å². The van der Waals surface area contributed by atoms with E-state index >= 15 is 0 Å². The summed E-state index contributed by atoms with van der Waals surface area (Å²) in [5, 5.41) is 8.10. The monoisotopic (exact) mass is 432 g/mol. The Kier molecular flexibility index (Phi) is 6.85. The fourth-order valence-electron chi connectivity index (χ4n) is 4.05. The molecule has 0 spiro atoms. The number of aryl methyl sites for hydroxylation is 1. The second-order valence-electron chi connectivity index (χ2n) is 8.59. The molecule has 4 rings (SSSR count). The highest BCUT2D eigenvalue weighted by Crippen LogP contribution is 2.22.